The second kappa shape index (κ2) is 6.18. The Labute approximate surface area is 146 Å². The first-order valence-electron chi connectivity index (χ1n) is 8.17. The fraction of sp³-hybridized carbons (Fsp3) is 0.0455. The van der Waals surface area contributed by atoms with Crippen LogP contribution in [0.4, 0.5) is 5.69 Å². The molecule has 0 aliphatic rings. The lowest BCUT2D eigenvalue weighted by Crippen LogP contribution is -1.97. The van der Waals surface area contributed by atoms with Crippen molar-refractivity contribution in [3.8, 4) is 17.2 Å². The highest BCUT2D eigenvalue weighted by Crippen LogP contribution is 2.32. The molecule has 1 heterocycles. The quantitative estimate of drug-likeness (QED) is 0.550. The Balaban J connectivity index is 1.91. The zero-order valence-electron chi connectivity index (χ0n) is 13.7. The molecule has 0 fully saturated rings. The number of hydrogen-bond acceptors (Lipinski definition) is 2. The molecule has 3 heteroatoms. The lowest BCUT2D eigenvalue weighted by Gasteiger charge is -2.05. The molecule has 0 saturated carbocycles. The van der Waals surface area contributed by atoms with E-state index in [2.05, 4.69) is 35.0 Å². The summed E-state index contributed by atoms with van der Waals surface area (Å²) in [6, 6.07) is 26.3. The van der Waals surface area contributed by atoms with E-state index in [0.717, 1.165) is 34.3 Å². The van der Waals surface area contributed by atoms with Gasteiger partial charge < -0.3 is 10.3 Å². The Morgan fingerprint density at radius 2 is 1.76 bits per heavy atom. The van der Waals surface area contributed by atoms with Crippen molar-refractivity contribution in [3.63, 3.8) is 0 Å². The fourth-order valence-corrected chi connectivity index (χ4v) is 3.21. The molecule has 0 saturated heterocycles. The Morgan fingerprint density at radius 3 is 2.52 bits per heavy atom. The minimum absolute atomic E-state index is 0.662. The van der Waals surface area contributed by atoms with Crippen LogP contribution >= 0.6 is 0 Å². The number of nitrogen functional groups attached to an aromatic ring is 1. The van der Waals surface area contributed by atoms with Crippen molar-refractivity contribution in [1.29, 1.82) is 5.26 Å². The lowest BCUT2D eigenvalue weighted by molar-refractivity contribution is 0.837. The predicted molar refractivity (Wildman–Crippen MR) is 102 cm³/mol. The highest BCUT2D eigenvalue weighted by Gasteiger charge is 2.12. The van der Waals surface area contributed by atoms with Gasteiger partial charge in [0.1, 0.15) is 0 Å². The smallest absolute Gasteiger partial charge is 0.0991 e. The summed E-state index contributed by atoms with van der Waals surface area (Å²) in [4.78, 5) is 0. The van der Waals surface area contributed by atoms with E-state index in [9.17, 15) is 5.26 Å². The number of nitrogens with two attached hydrogens (primary N) is 1. The molecular formula is C22H17N3. The predicted octanol–water partition coefficient (Wildman–Crippen LogP) is 4.81. The van der Waals surface area contributed by atoms with Crippen molar-refractivity contribution < 1.29 is 0 Å². The van der Waals surface area contributed by atoms with Crippen LogP contribution in [0.15, 0.2) is 79.0 Å². The summed E-state index contributed by atoms with van der Waals surface area (Å²) < 4.78 is 2.23. The molecule has 25 heavy (non-hydrogen) atoms. The number of anilines is 1. The summed E-state index contributed by atoms with van der Waals surface area (Å²) in [5, 5.41) is 10.3. The van der Waals surface area contributed by atoms with Crippen LogP contribution in [0.25, 0.3) is 22.0 Å². The van der Waals surface area contributed by atoms with Gasteiger partial charge in [-0.25, -0.2) is 0 Å². The van der Waals surface area contributed by atoms with Gasteiger partial charge in [0.05, 0.1) is 11.6 Å². The van der Waals surface area contributed by atoms with Crippen molar-refractivity contribution >= 4 is 16.6 Å². The van der Waals surface area contributed by atoms with Gasteiger partial charge in [-0.3, -0.25) is 0 Å². The zero-order valence-corrected chi connectivity index (χ0v) is 13.7. The van der Waals surface area contributed by atoms with Crippen molar-refractivity contribution in [3.05, 3.63) is 90.1 Å². The van der Waals surface area contributed by atoms with Crippen LogP contribution < -0.4 is 5.73 Å². The second-order valence-corrected chi connectivity index (χ2v) is 6.13. The summed E-state index contributed by atoms with van der Waals surface area (Å²) in [7, 11) is 0. The first-order chi connectivity index (χ1) is 12.2. The summed E-state index contributed by atoms with van der Waals surface area (Å²) in [6.45, 7) is 0.783. The molecule has 0 atom stereocenters. The number of benzene rings is 3. The average molecular weight is 323 g/mol. The zero-order chi connectivity index (χ0) is 17.2. The van der Waals surface area contributed by atoms with Gasteiger partial charge in [0, 0.05) is 34.9 Å². The minimum Gasteiger partial charge on any atom is -0.399 e. The van der Waals surface area contributed by atoms with Gasteiger partial charge in [-0.2, -0.15) is 5.26 Å². The monoisotopic (exact) mass is 323 g/mol. The van der Waals surface area contributed by atoms with E-state index in [-0.39, 0.29) is 0 Å². The molecule has 0 aliphatic carbocycles. The van der Waals surface area contributed by atoms with Gasteiger partial charge in [-0.15, -0.1) is 0 Å². The van der Waals surface area contributed by atoms with Gasteiger partial charge >= 0.3 is 0 Å². The maximum Gasteiger partial charge on any atom is 0.0991 e. The SMILES string of the molecule is N#Cc1ccc2c(c1)c(-c1cccc(N)c1)cn2Cc1ccccc1. The number of aromatic nitrogens is 1. The number of rotatable bonds is 3. The molecule has 120 valence electrons. The van der Waals surface area contributed by atoms with Crippen molar-refractivity contribution in [2.24, 2.45) is 0 Å². The molecule has 4 rings (SSSR count). The van der Waals surface area contributed by atoms with Crippen molar-refractivity contribution in [2.45, 2.75) is 6.54 Å². The Bertz CT molecular complexity index is 1090. The number of fused-ring (bicyclic) bond motifs is 1. The largest absolute Gasteiger partial charge is 0.399 e. The van der Waals surface area contributed by atoms with E-state index in [0.29, 0.717) is 5.56 Å². The van der Waals surface area contributed by atoms with Crippen LogP contribution in [0.2, 0.25) is 0 Å². The molecule has 0 amide bonds. The molecule has 4 aromatic rings. The van der Waals surface area contributed by atoms with Crippen LogP contribution in [0.3, 0.4) is 0 Å². The lowest BCUT2D eigenvalue weighted by atomic mass is 10.0. The van der Waals surface area contributed by atoms with Gasteiger partial charge in [0.2, 0.25) is 0 Å². The Morgan fingerprint density at radius 1 is 0.920 bits per heavy atom. The number of nitrogens with zero attached hydrogens (tertiary/aromatic N) is 2. The molecule has 0 spiro atoms. The summed E-state index contributed by atoms with van der Waals surface area (Å²) in [5.74, 6) is 0. The highest BCUT2D eigenvalue weighted by molar-refractivity contribution is 5.97. The van der Waals surface area contributed by atoms with E-state index >= 15 is 0 Å². The van der Waals surface area contributed by atoms with Gasteiger partial charge in [-0.1, -0.05) is 42.5 Å². The Kier molecular flexibility index (Phi) is 3.72. The molecule has 0 bridgehead atoms. The van der Waals surface area contributed by atoms with E-state index in [4.69, 9.17) is 5.73 Å². The minimum atomic E-state index is 0.662. The van der Waals surface area contributed by atoms with Gasteiger partial charge in [-0.05, 0) is 41.5 Å². The van der Waals surface area contributed by atoms with Crippen molar-refractivity contribution in [2.75, 3.05) is 5.73 Å². The molecule has 3 aromatic carbocycles. The molecule has 0 radical (unpaired) electrons. The highest BCUT2D eigenvalue weighted by atomic mass is 15.0. The average Bonchev–Trinajstić information content (AvgIpc) is 3.00. The standard InChI is InChI=1S/C22H17N3/c23-13-17-9-10-22-20(11-17)21(18-7-4-8-19(24)12-18)15-25(22)14-16-5-2-1-3-6-16/h1-12,15H,14,24H2. The molecular weight excluding hydrogens is 306 g/mol. The number of nitriles is 1. The topological polar surface area (TPSA) is 54.7 Å². The van der Waals surface area contributed by atoms with Crippen LogP contribution in [-0.4, -0.2) is 4.57 Å². The molecule has 1 aromatic heterocycles. The molecule has 0 aliphatic heterocycles. The maximum atomic E-state index is 9.27. The van der Waals surface area contributed by atoms with Crippen molar-refractivity contribution in [1.82, 2.24) is 4.57 Å². The third-order valence-corrected chi connectivity index (χ3v) is 4.40. The molecule has 0 unspecified atom stereocenters. The molecule has 3 nitrogen and oxygen atoms in total. The Hall–Kier alpha value is -3.51. The normalized spacial score (nSPS) is 10.7. The van der Waals surface area contributed by atoms with Gasteiger partial charge in [0.25, 0.3) is 0 Å². The summed E-state index contributed by atoms with van der Waals surface area (Å²) >= 11 is 0. The van der Waals surface area contributed by atoms with E-state index in [1.54, 1.807) is 0 Å². The van der Waals surface area contributed by atoms with Gasteiger partial charge in [0.15, 0.2) is 0 Å². The van der Waals surface area contributed by atoms with Crippen LogP contribution in [0.1, 0.15) is 11.1 Å². The number of hydrogen-bond donors (Lipinski definition) is 1. The third-order valence-electron chi connectivity index (χ3n) is 4.40. The summed E-state index contributed by atoms with van der Waals surface area (Å²) in [6.07, 6.45) is 2.15. The summed E-state index contributed by atoms with van der Waals surface area (Å²) in [5.41, 5.74) is 11.9. The van der Waals surface area contributed by atoms with Crippen LogP contribution in [0, 0.1) is 11.3 Å². The van der Waals surface area contributed by atoms with E-state index in [1.807, 2.05) is 54.6 Å². The van der Waals surface area contributed by atoms with Crippen LogP contribution in [-0.2, 0) is 6.54 Å². The first-order valence-corrected chi connectivity index (χ1v) is 8.17. The second-order valence-electron chi connectivity index (χ2n) is 6.13. The van der Waals surface area contributed by atoms with E-state index in [1.165, 1.54) is 5.56 Å². The first kappa shape index (κ1) is 15.0. The maximum absolute atomic E-state index is 9.27. The van der Waals surface area contributed by atoms with Crippen LogP contribution in [0.5, 0.6) is 0 Å². The molecule has 2 N–H and O–H groups in total. The third kappa shape index (κ3) is 2.86. The fourth-order valence-electron chi connectivity index (χ4n) is 3.21. The van der Waals surface area contributed by atoms with E-state index < -0.39 is 0 Å².